The zero-order valence-corrected chi connectivity index (χ0v) is 81.7. The fraction of sp³-hybridized carbons (Fsp3) is 0.248. The third-order valence-corrected chi connectivity index (χ3v) is 30.4. The van der Waals surface area contributed by atoms with Gasteiger partial charge in [-0.2, -0.15) is 5.26 Å². The van der Waals surface area contributed by atoms with Gasteiger partial charge in [0.2, 0.25) is 15.9 Å². The Labute approximate surface area is 833 Å². The molecule has 26 heteroatoms. The molecule has 7 aromatic carbocycles. The number of fused-ring (bicyclic) bond motifs is 4. The Balaban J connectivity index is 0.000000113. The highest BCUT2D eigenvalue weighted by molar-refractivity contribution is 7.89. The van der Waals surface area contributed by atoms with Crippen LogP contribution in [0, 0.1) is 39.0 Å². The molecule has 9 aromatic heterocycles. The van der Waals surface area contributed by atoms with E-state index in [2.05, 4.69) is 272 Å². The lowest BCUT2D eigenvalue weighted by molar-refractivity contribution is 0.1000. The maximum Gasteiger partial charge on any atom is 0.316 e. The third kappa shape index (κ3) is 20.1. The lowest BCUT2D eigenvalue weighted by Gasteiger charge is -2.33. The molecule has 4 saturated heterocycles. The highest BCUT2D eigenvalue weighted by Gasteiger charge is 2.35. The average Bonchev–Trinajstić information content (AvgIpc) is 1.64. The number of nitriles is 1. The third-order valence-electron chi connectivity index (χ3n) is 29.5. The number of ether oxygens (including phenoxy) is 1. The number of piperidine rings is 4. The van der Waals surface area contributed by atoms with Gasteiger partial charge in [-0.1, -0.05) is 158 Å². The molecule has 16 aromatic rings. The van der Waals surface area contributed by atoms with Crippen molar-refractivity contribution in [1.29, 1.82) is 5.26 Å². The van der Waals surface area contributed by atoms with Crippen LogP contribution in [0.25, 0.3) is 91.6 Å². The van der Waals surface area contributed by atoms with E-state index in [9.17, 15) is 13.2 Å². The molecule has 25 nitrogen and oxygen atoms in total. The molecule has 0 spiro atoms. The van der Waals surface area contributed by atoms with E-state index in [1.54, 1.807) is 68.8 Å². The van der Waals surface area contributed by atoms with E-state index in [1.165, 1.54) is 101 Å². The van der Waals surface area contributed by atoms with Gasteiger partial charge < -0.3 is 50.0 Å². The molecule has 0 bridgehead atoms. The molecule has 24 rings (SSSR count). The summed E-state index contributed by atoms with van der Waals surface area (Å²) in [6.07, 6.45) is 30.8. The first-order chi connectivity index (χ1) is 69.8. The Hall–Kier alpha value is -16.1. The number of methoxy groups -OCH3 is 1. The van der Waals surface area contributed by atoms with Crippen molar-refractivity contribution >= 4 is 85.8 Å². The Bertz CT molecular complexity index is 7650. The minimum atomic E-state index is -3.71. The molecule has 0 saturated carbocycles. The van der Waals surface area contributed by atoms with Gasteiger partial charge in [-0.05, 0) is 248 Å². The second-order valence-electron chi connectivity index (χ2n) is 38.4. The molecule has 13 heterocycles. The van der Waals surface area contributed by atoms with Crippen LogP contribution in [-0.4, -0.2) is 144 Å². The Kier molecular flexibility index (Phi) is 26.7. The topological polar surface area (TPSA) is 341 Å². The molecule has 4 fully saturated rings. The highest BCUT2D eigenvalue weighted by Crippen LogP contribution is 2.46. The van der Waals surface area contributed by atoms with Crippen molar-refractivity contribution in [2.75, 3.05) is 79.1 Å². The van der Waals surface area contributed by atoms with E-state index in [0.717, 1.165) is 225 Å². The zero-order chi connectivity index (χ0) is 97.8. The molecule has 0 atom stereocenters. The fourth-order valence-corrected chi connectivity index (χ4v) is 22.2. The van der Waals surface area contributed by atoms with E-state index in [4.69, 9.17) is 35.8 Å². The van der Waals surface area contributed by atoms with Crippen LogP contribution >= 0.6 is 0 Å². The summed E-state index contributed by atoms with van der Waals surface area (Å²) in [6.45, 7) is 16.4. The minimum Gasteiger partial charge on any atom is -0.467 e. The first-order valence-corrected chi connectivity index (χ1v) is 50.9. The number of amides is 1. The number of H-pyrrole nitrogens is 4. The second kappa shape index (κ2) is 41.0. The number of hydrogen-bond acceptors (Lipinski definition) is 19. The molecule has 8 N–H and O–H groups in total. The molecule has 8 aliphatic rings. The molecule has 1 amide bonds. The predicted molar refractivity (Wildman–Crippen MR) is 568 cm³/mol. The van der Waals surface area contributed by atoms with Crippen molar-refractivity contribution < 1.29 is 17.9 Å². The Morgan fingerprint density at radius 1 is 0.357 bits per heavy atom. The number of primary sulfonamides is 1. The second-order valence-corrected chi connectivity index (χ2v) is 40.0. The van der Waals surface area contributed by atoms with Gasteiger partial charge in [-0.15, -0.1) is 0 Å². The number of aromatic nitrogens is 14. The average molecular weight is 1910 g/mol. The number of carbonyl (C=O) groups excluding carboxylic acids is 1. The number of sulfonamides is 1. The van der Waals surface area contributed by atoms with Crippen molar-refractivity contribution in [3.05, 3.63) is 380 Å². The largest absolute Gasteiger partial charge is 0.467 e. The van der Waals surface area contributed by atoms with Gasteiger partial charge in [-0.3, -0.25) is 4.79 Å². The summed E-state index contributed by atoms with van der Waals surface area (Å²) in [5.74, 6) is 5.74. The van der Waals surface area contributed by atoms with Crippen molar-refractivity contribution in [2.45, 2.75) is 133 Å². The number of rotatable bonds is 19. The lowest BCUT2D eigenvalue weighted by atomic mass is 9.93. The first-order valence-electron chi connectivity index (χ1n) is 49.4. The maximum absolute atomic E-state index is 11.6. The van der Waals surface area contributed by atoms with Crippen LogP contribution in [-0.2, 0) is 35.7 Å². The highest BCUT2D eigenvalue weighted by atomic mass is 32.2. The Morgan fingerprint density at radius 3 is 0.881 bits per heavy atom. The number of nitrogens with zero attached hydrogens (tertiary/aromatic N) is 15. The van der Waals surface area contributed by atoms with Crippen molar-refractivity contribution in [2.24, 2.45) is 10.9 Å². The van der Waals surface area contributed by atoms with Crippen LogP contribution in [0.4, 0.5) is 23.3 Å². The summed E-state index contributed by atoms with van der Waals surface area (Å²) >= 11 is 0. The molecule has 4 aliphatic carbocycles. The van der Waals surface area contributed by atoms with Gasteiger partial charge in [0.15, 0.2) is 0 Å². The van der Waals surface area contributed by atoms with Crippen LogP contribution in [0.3, 0.4) is 0 Å². The molecule has 0 radical (unpaired) electrons. The van der Waals surface area contributed by atoms with E-state index in [-0.39, 0.29) is 4.90 Å². The van der Waals surface area contributed by atoms with Crippen LogP contribution in [0.1, 0.15) is 203 Å². The fourth-order valence-electron chi connectivity index (χ4n) is 21.7. The standard InChI is InChI=1S/C30H29N5O.C30H27N5.C29H29N5O2S.C28H28N6O/c1-19-15-26(34-28(19)22-5-3-2-4-6-22)21-11-13-35(14-12-21)30-25-16-24(17-27(25)32-18-33-30)20-7-9-23(10-8-20)29(31)36;1-20-15-27(34-29(20)24-5-3-2-4-6-24)23-11-13-35(14-12-23)30-26-16-25(17-28(26)32-19-33-30)22-9-7-21(18-31)8-10-22;1-19-15-26(33-28(19)22-5-3-2-4-6-22)21-11-13-34(14-12-21)29-25-16-23(17-27(25)31-18-32-29)20-7-9-24(10-8-20)37(30,35)36;1-18-12-24(33-26(18)20-6-4-3-5-7-20)19-8-10-34(11-9-19)27-23-13-21(14-25(23)31-17-32-27)22-15-29-28(35-2)30-16-22/h2-10,15-16,18,21,34H,11-14,17H2,1H3,(H2,31,36);2-10,15-16,19,23,34H,11-14,17H2,1H3;2-10,15-16,18,21,33H,11-14,17H2,1H3,(H2,30,35,36);3-7,12-13,15-17,19,33H,8-11,14H2,1-2H3. The number of carbonyl (C=O) groups is 1. The molecule has 0 unspecified atom stereocenters. The Morgan fingerprint density at radius 2 is 0.622 bits per heavy atom. The van der Waals surface area contributed by atoms with Crippen molar-refractivity contribution in [3.63, 3.8) is 0 Å². The van der Waals surface area contributed by atoms with Crippen LogP contribution in [0.5, 0.6) is 6.01 Å². The summed E-state index contributed by atoms with van der Waals surface area (Å²) in [5, 5.41) is 14.3. The number of hydrogen-bond donors (Lipinski definition) is 6. The summed E-state index contributed by atoms with van der Waals surface area (Å²) in [4.78, 5) is 81.5. The van der Waals surface area contributed by atoms with Gasteiger partial charge in [0.25, 0.3) is 0 Å². The lowest BCUT2D eigenvalue weighted by Crippen LogP contribution is -2.34. The number of nitrogens with one attached hydrogen (secondary N) is 4. The van der Waals surface area contributed by atoms with Gasteiger partial charge in [-0.25, -0.2) is 63.4 Å². The number of aryl methyl sites for hydroxylation is 4. The molecule has 143 heavy (non-hydrogen) atoms. The summed E-state index contributed by atoms with van der Waals surface area (Å²) in [7, 11) is -2.14. The number of nitrogens with two attached hydrogens (primary N) is 2. The van der Waals surface area contributed by atoms with Crippen LogP contribution in [0.15, 0.2) is 261 Å². The number of primary amides is 1. The van der Waals surface area contributed by atoms with E-state index < -0.39 is 15.9 Å². The molecular weight excluding hydrogens is 1800 g/mol. The number of benzene rings is 7. The van der Waals surface area contributed by atoms with Crippen LogP contribution < -0.4 is 35.2 Å². The van der Waals surface area contributed by atoms with Gasteiger partial charge in [0.05, 0.1) is 46.4 Å². The van der Waals surface area contributed by atoms with Gasteiger partial charge in [0, 0.05) is 193 Å². The monoisotopic (exact) mass is 1910 g/mol. The predicted octanol–water partition coefficient (Wildman–Crippen LogP) is 21.5. The molecule has 4 aliphatic heterocycles. The van der Waals surface area contributed by atoms with E-state index in [1.807, 2.05) is 54.9 Å². The molecule has 716 valence electrons. The molecular formula is C117H113N21O4S. The normalized spacial score (nSPS) is 15.7. The van der Waals surface area contributed by atoms with E-state index in [0.29, 0.717) is 47.2 Å². The quantitative estimate of drug-likeness (QED) is 0.0438. The van der Waals surface area contributed by atoms with E-state index >= 15 is 0 Å². The maximum atomic E-state index is 11.6. The van der Waals surface area contributed by atoms with Gasteiger partial charge >= 0.3 is 6.01 Å². The number of aromatic amines is 4. The minimum absolute atomic E-state index is 0.115. The number of allylic oxidation sites excluding steroid dienone is 4. The first kappa shape index (κ1) is 93.2. The summed E-state index contributed by atoms with van der Waals surface area (Å²) in [5.41, 5.74) is 44.5. The van der Waals surface area contributed by atoms with Gasteiger partial charge in [0.1, 0.15) is 48.6 Å². The number of anilines is 4. The van der Waals surface area contributed by atoms with Crippen molar-refractivity contribution in [1.82, 2.24) is 69.8 Å². The summed E-state index contributed by atoms with van der Waals surface area (Å²) in [6, 6.07) is 76.1. The summed E-state index contributed by atoms with van der Waals surface area (Å²) < 4.78 is 28.3. The zero-order valence-electron chi connectivity index (χ0n) is 80.9. The van der Waals surface area contributed by atoms with Crippen LogP contribution in [0.2, 0.25) is 0 Å². The van der Waals surface area contributed by atoms with Crippen molar-refractivity contribution in [3.8, 4) is 57.1 Å². The SMILES string of the molecule is COc1ncc(C2=Cc3c(ncnc3N3CCC(c4cc(C)c(-c5ccccc5)[nH]4)CC3)C2)cn1.Cc1cc(C2CCN(c3ncnc4c3C=C(c3ccc(C#N)cc3)C4)CC2)[nH]c1-c1ccccc1.Cc1cc(C2CCN(c3ncnc4c3C=C(c3ccc(C(N)=O)cc3)C4)CC2)[nH]c1-c1ccccc1.Cc1cc(C2CCN(c3ncnc4c3C=C(c3ccc(S(N)(=O)=O)cc3)C4)CC2)[nH]c1-c1ccccc1. The smallest absolute Gasteiger partial charge is 0.316 e.